The fourth-order valence-electron chi connectivity index (χ4n) is 3.99. The maximum absolute atomic E-state index is 12.7. The molecule has 4 atom stereocenters. The lowest BCUT2D eigenvalue weighted by molar-refractivity contribution is -0.137. The van der Waals surface area contributed by atoms with Gasteiger partial charge in [-0.25, -0.2) is 0 Å². The summed E-state index contributed by atoms with van der Waals surface area (Å²) < 4.78 is 0. The van der Waals surface area contributed by atoms with Crippen molar-refractivity contribution in [2.45, 2.75) is 38.6 Å². The van der Waals surface area contributed by atoms with Gasteiger partial charge in [0.1, 0.15) is 0 Å². The average molecular weight is 292 g/mol. The van der Waals surface area contributed by atoms with Crippen molar-refractivity contribution in [1.82, 2.24) is 4.90 Å². The van der Waals surface area contributed by atoms with E-state index >= 15 is 0 Å². The van der Waals surface area contributed by atoms with Gasteiger partial charge < -0.3 is 4.90 Å². The molecule has 0 aliphatic heterocycles. The molecule has 4 unspecified atom stereocenters. The van der Waals surface area contributed by atoms with Crippen molar-refractivity contribution < 1.29 is 4.79 Å². The molecule has 0 radical (unpaired) electrons. The molecule has 2 fully saturated rings. The lowest BCUT2D eigenvalue weighted by Gasteiger charge is -2.31. The first-order chi connectivity index (χ1) is 9.56. The van der Waals surface area contributed by atoms with Crippen molar-refractivity contribution in [3.8, 4) is 0 Å². The third kappa shape index (κ3) is 2.46. The number of carbonyl (C=O) groups is 1. The van der Waals surface area contributed by atoms with Gasteiger partial charge in [-0.2, -0.15) is 0 Å². The van der Waals surface area contributed by atoms with Crippen molar-refractivity contribution in [3.63, 3.8) is 0 Å². The molecule has 3 rings (SSSR count). The second kappa shape index (κ2) is 5.40. The summed E-state index contributed by atoms with van der Waals surface area (Å²) in [6, 6.07) is 7.90. The Morgan fingerprint density at radius 2 is 2.15 bits per heavy atom. The molecule has 1 aromatic rings. The Morgan fingerprint density at radius 3 is 2.75 bits per heavy atom. The number of rotatable bonds is 3. The molecule has 20 heavy (non-hydrogen) atoms. The fourth-order valence-corrected chi connectivity index (χ4v) is 4.19. The zero-order chi connectivity index (χ0) is 14.3. The molecule has 0 N–H and O–H groups in total. The molecule has 2 aliphatic carbocycles. The maximum atomic E-state index is 12.7. The monoisotopic (exact) mass is 291 g/mol. The van der Waals surface area contributed by atoms with Crippen LogP contribution in [-0.4, -0.2) is 17.9 Å². The van der Waals surface area contributed by atoms with Crippen LogP contribution in [0.25, 0.3) is 0 Å². The number of carbonyl (C=O) groups excluding carboxylic acids is 1. The zero-order valence-electron chi connectivity index (χ0n) is 12.2. The summed E-state index contributed by atoms with van der Waals surface area (Å²) in [7, 11) is 1.93. The Hall–Kier alpha value is -1.02. The second-order valence-corrected chi connectivity index (χ2v) is 6.90. The number of fused-ring (bicyclic) bond motifs is 2. The van der Waals surface area contributed by atoms with Crippen LogP contribution in [0.15, 0.2) is 24.3 Å². The van der Waals surface area contributed by atoms with E-state index in [1.165, 1.54) is 19.3 Å². The maximum Gasteiger partial charge on any atom is 0.226 e. The quantitative estimate of drug-likeness (QED) is 0.813. The lowest BCUT2D eigenvalue weighted by atomic mass is 9.87. The molecule has 2 aliphatic rings. The largest absolute Gasteiger partial charge is 0.339 e. The van der Waals surface area contributed by atoms with Gasteiger partial charge in [0.15, 0.2) is 0 Å². The SMILES string of the molecule is CC(c1cccc(Cl)c1)N(C)C(=O)C1CC2CCC1C2. The van der Waals surface area contributed by atoms with Crippen LogP contribution in [0.3, 0.4) is 0 Å². The van der Waals surface area contributed by atoms with Gasteiger partial charge in [0, 0.05) is 18.0 Å². The van der Waals surface area contributed by atoms with Crippen molar-refractivity contribution in [1.29, 1.82) is 0 Å². The average Bonchev–Trinajstić information content (AvgIpc) is 3.07. The molecule has 2 saturated carbocycles. The fraction of sp³-hybridized carbons (Fsp3) is 0.588. The number of nitrogens with zero attached hydrogens (tertiary/aromatic N) is 1. The van der Waals surface area contributed by atoms with Crippen LogP contribution in [0.5, 0.6) is 0 Å². The number of hydrogen-bond acceptors (Lipinski definition) is 1. The summed E-state index contributed by atoms with van der Waals surface area (Å²) in [6.45, 7) is 2.08. The summed E-state index contributed by atoms with van der Waals surface area (Å²) >= 11 is 6.05. The summed E-state index contributed by atoms with van der Waals surface area (Å²) in [5, 5.41) is 0.732. The van der Waals surface area contributed by atoms with Gasteiger partial charge in [0.25, 0.3) is 0 Å². The van der Waals surface area contributed by atoms with Gasteiger partial charge in [-0.05, 0) is 55.7 Å². The van der Waals surface area contributed by atoms with Crippen molar-refractivity contribution >= 4 is 17.5 Å². The topological polar surface area (TPSA) is 20.3 Å². The minimum Gasteiger partial charge on any atom is -0.339 e. The van der Waals surface area contributed by atoms with Crippen LogP contribution in [0.4, 0.5) is 0 Å². The van der Waals surface area contributed by atoms with Crippen molar-refractivity contribution in [2.75, 3.05) is 7.05 Å². The Balaban J connectivity index is 1.72. The summed E-state index contributed by atoms with van der Waals surface area (Å²) in [6.07, 6.45) is 4.97. The summed E-state index contributed by atoms with van der Waals surface area (Å²) in [4.78, 5) is 14.6. The standard InChI is InChI=1S/C17H22ClNO/c1-11(13-4-3-5-15(18)10-13)19(2)17(20)16-9-12-6-7-14(16)8-12/h3-5,10-12,14,16H,6-9H2,1-2H3. The minimum atomic E-state index is 0.0836. The van der Waals surface area contributed by atoms with Crippen LogP contribution in [-0.2, 0) is 4.79 Å². The number of benzene rings is 1. The third-order valence-corrected chi connectivity index (χ3v) is 5.55. The molecule has 3 heteroatoms. The van der Waals surface area contributed by atoms with E-state index in [0.29, 0.717) is 11.8 Å². The highest BCUT2D eigenvalue weighted by molar-refractivity contribution is 6.30. The molecule has 1 aromatic carbocycles. The van der Waals surface area contributed by atoms with Gasteiger partial charge in [-0.1, -0.05) is 30.2 Å². The van der Waals surface area contributed by atoms with E-state index in [0.717, 1.165) is 22.9 Å². The highest BCUT2D eigenvalue weighted by Gasteiger charge is 2.44. The van der Waals surface area contributed by atoms with Gasteiger partial charge >= 0.3 is 0 Å². The molecule has 1 amide bonds. The Kier molecular flexibility index (Phi) is 3.76. The van der Waals surface area contributed by atoms with E-state index in [9.17, 15) is 4.79 Å². The first-order valence-corrected chi connectivity index (χ1v) is 7.96. The van der Waals surface area contributed by atoms with E-state index in [1.807, 2.05) is 36.2 Å². The predicted octanol–water partition coefficient (Wildman–Crippen LogP) is 4.30. The predicted molar refractivity (Wildman–Crippen MR) is 81.6 cm³/mol. The van der Waals surface area contributed by atoms with Gasteiger partial charge in [-0.3, -0.25) is 4.79 Å². The smallest absolute Gasteiger partial charge is 0.226 e. The van der Waals surface area contributed by atoms with Gasteiger partial charge in [-0.15, -0.1) is 0 Å². The van der Waals surface area contributed by atoms with Crippen molar-refractivity contribution in [3.05, 3.63) is 34.9 Å². The van der Waals surface area contributed by atoms with Gasteiger partial charge in [0.05, 0.1) is 6.04 Å². The van der Waals surface area contributed by atoms with Crippen LogP contribution in [0.1, 0.15) is 44.2 Å². The van der Waals surface area contributed by atoms with Crippen LogP contribution in [0.2, 0.25) is 5.02 Å². The summed E-state index contributed by atoms with van der Waals surface area (Å²) in [5.74, 6) is 2.04. The molecule has 0 spiro atoms. The second-order valence-electron chi connectivity index (χ2n) is 6.46. The van der Waals surface area contributed by atoms with E-state index < -0.39 is 0 Å². The molecule has 2 bridgehead atoms. The molecular weight excluding hydrogens is 270 g/mol. The number of halogens is 1. The van der Waals surface area contributed by atoms with Crippen LogP contribution < -0.4 is 0 Å². The lowest BCUT2D eigenvalue weighted by Crippen LogP contribution is -2.37. The van der Waals surface area contributed by atoms with Gasteiger partial charge in [0.2, 0.25) is 5.91 Å². The third-order valence-electron chi connectivity index (χ3n) is 5.31. The minimum absolute atomic E-state index is 0.0836. The first kappa shape index (κ1) is 13.9. The van der Waals surface area contributed by atoms with E-state index in [2.05, 4.69) is 6.92 Å². The Labute approximate surface area is 126 Å². The van der Waals surface area contributed by atoms with Crippen molar-refractivity contribution in [2.24, 2.45) is 17.8 Å². The number of amides is 1. The normalized spacial score (nSPS) is 29.4. The van der Waals surface area contributed by atoms with E-state index in [-0.39, 0.29) is 12.0 Å². The first-order valence-electron chi connectivity index (χ1n) is 7.58. The molecular formula is C17H22ClNO. The van der Waals surface area contributed by atoms with Crippen LogP contribution >= 0.6 is 11.6 Å². The Bertz CT molecular complexity index is 515. The highest BCUT2D eigenvalue weighted by Crippen LogP contribution is 2.49. The molecule has 0 saturated heterocycles. The van der Waals surface area contributed by atoms with E-state index in [1.54, 1.807) is 0 Å². The molecule has 2 nitrogen and oxygen atoms in total. The van der Waals surface area contributed by atoms with Crippen LogP contribution in [0, 0.1) is 17.8 Å². The molecule has 108 valence electrons. The zero-order valence-corrected chi connectivity index (χ0v) is 12.9. The van der Waals surface area contributed by atoms with E-state index in [4.69, 9.17) is 11.6 Å². The molecule has 0 heterocycles. The highest BCUT2D eigenvalue weighted by atomic mass is 35.5. The Morgan fingerprint density at radius 1 is 1.35 bits per heavy atom. The number of hydrogen-bond donors (Lipinski definition) is 0. The molecule has 0 aromatic heterocycles. The summed E-state index contributed by atoms with van der Waals surface area (Å²) in [5.41, 5.74) is 1.11.